The van der Waals surface area contributed by atoms with Crippen molar-refractivity contribution in [2.45, 2.75) is 25.7 Å². The molecular weight excluding hydrogens is 342 g/mol. The Morgan fingerprint density at radius 3 is 2.78 bits per heavy atom. The zero-order valence-corrected chi connectivity index (χ0v) is 16.0. The number of ether oxygens (including phenoxy) is 2. The van der Waals surface area contributed by atoms with Gasteiger partial charge in [-0.2, -0.15) is 0 Å². The van der Waals surface area contributed by atoms with Gasteiger partial charge in [-0.3, -0.25) is 4.79 Å². The van der Waals surface area contributed by atoms with E-state index < -0.39 is 0 Å². The van der Waals surface area contributed by atoms with E-state index in [0.29, 0.717) is 17.2 Å². The minimum atomic E-state index is -0.0287. The summed E-state index contributed by atoms with van der Waals surface area (Å²) in [7, 11) is 3.18. The second-order valence-electron chi connectivity index (χ2n) is 7.04. The van der Waals surface area contributed by atoms with Gasteiger partial charge in [0.1, 0.15) is 5.75 Å². The molecule has 3 rings (SSSR count). The third-order valence-corrected chi connectivity index (χ3v) is 5.21. The largest absolute Gasteiger partial charge is 0.504 e. The molecule has 2 aromatic carbocycles. The summed E-state index contributed by atoms with van der Waals surface area (Å²) >= 11 is 0. The Bertz CT molecular complexity index is 790. The van der Waals surface area contributed by atoms with Gasteiger partial charge >= 0.3 is 0 Å². The number of phenolic OH excluding ortho intramolecular Hbond substituents is 1. The van der Waals surface area contributed by atoms with Gasteiger partial charge in [-0.05, 0) is 67.5 Å². The van der Waals surface area contributed by atoms with E-state index in [9.17, 15) is 9.90 Å². The van der Waals surface area contributed by atoms with E-state index in [1.807, 2.05) is 17.0 Å². The number of carbonyl (C=O) groups excluding carboxylic acids is 1. The first-order chi connectivity index (χ1) is 13.1. The van der Waals surface area contributed by atoms with Crippen molar-refractivity contribution in [3.63, 3.8) is 0 Å². The fourth-order valence-corrected chi connectivity index (χ4v) is 3.69. The van der Waals surface area contributed by atoms with Crippen molar-refractivity contribution in [3.05, 3.63) is 53.6 Å². The smallest absolute Gasteiger partial charge is 0.254 e. The van der Waals surface area contributed by atoms with Gasteiger partial charge < -0.3 is 19.5 Å². The topological polar surface area (TPSA) is 59.0 Å². The zero-order valence-electron chi connectivity index (χ0n) is 16.0. The highest BCUT2D eigenvalue weighted by Crippen LogP contribution is 2.28. The molecule has 0 radical (unpaired) electrons. The van der Waals surface area contributed by atoms with E-state index in [0.717, 1.165) is 44.5 Å². The highest BCUT2D eigenvalue weighted by atomic mass is 16.5. The third-order valence-electron chi connectivity index (χ3n) is 5.21. The van der Waals surface area contributed by atoms with E-state index in [-0.39, 0.29) is 11.7 Å². The summed E-state index contributed by atoms with van der Waals surface area (Å²) in [6, 6.07) is 13.0. The number of methoxy groups -OCH3 is 2. The van der Waals surface area contributed by atoms with Crippen LogP contribution < -0.4 is 9.47 Å². The van der Waals surface area contributed by atoms with Crippen molar-refractivity contribution < 1.29 is 19.4 Å². The molecule has 1 atom stereocenters. The molecule has 1 aliphatic heterocycles. The first kappa shape index (κ1) is 19.1. The summed E-state index contributed by atoms with van der Waals surface area (Å²) < 4.78 is 10.3. The average molecular weight is 369 g/mol. The number of hydrogen-bond acceptors (Lipinski definition) is 4. The lowest BCUT2D eigenvalue weighted by molar-refractivity contribution is 0.0668. The molecule has 0 spiro atoms. The summed E-state index contributed by atoms with van der Waals surface area (Å²) in [5.41, 5.74) is 1.76. The molecular formula is C22H27NO4. The van der Waals surface area contributed by atoms with Crippen LogP contribution in [0.15, 0.2) is 42.5 Å². The maximum Gasteiger partial charge on any atom is 0.254 e. The molecule has 27 heavy (non-hydrogen) atoms. The molecule has 0 bridgehead atoms. The van der Waals surface area contributed by atoms with Crippen molar-refractivity contribution in [1.29, 1.82) is 0 Å². The van der Waals surface area contributed by atoms with Gasteiger partial charge in [0.15, 0.2) is 11.5 Å². The lowest BCUT2D eigenvalue weighted by atomic mass is 9.91. The lowest BCUT2D eigenvalue weighted by Gasteiger charge is -2.33. The number of phenols is 1. The van der Waals surface area contributed by atoms with Gasteiger partial charge in [-0.15, -0.1) is 0 Å². The molecule has 5 nitrogen and oxygen atoms in total. The number of carbonyl (C=O) groups is 1. The first-order valence-corrected chi connectivity index (χ1v) is 9.40. The summed E-state index contributed by atoms with van der Waals surface area (Å²) in [5, 5.41) is 9.94. The van der Waals surface area contributed by atoms with E-state index in [2.05, 4.69) is 12.1 Å². The standard InChI is InChI=1S/C22H27NO4/c1-26-19-7-3-5-16(13-19)8-9-17-6-4-12-23(15-17)22(25)18-10-11-21(27-2)20(24)14-18/h3,5,7,10-11,13-14,17,24H,4,6,8-9,12,15H2,1-2H3. The van der Waals surface area contributed by atoms with Crippen LogP contribution in [-0.2, 0) is 6.42 Å². The van der Waals surface area contributed by atoms with Crippen molar-refractivity contribution in [2.75, 3.05) is 27.3 Å². The van der Waals surface area contributed by atoms with E-state index in [4.69, 9.17) is 9.47 Å². The number of aryl methyl sites for hydroxylation is 1. The van der Waals surface area contributed by atoms with Crippen LogP contribution in [0.2, 0.25) is 0 Å². The van der Waals surface area contributed by atoms with Crippen LogP contribution in [-0.4, -0.2) is 43.2 Å². The number of benzene rings is 2. The number of likely N-dealkylation sites (tertiary alicyclic amines) is 1. The Labute approximate surface area is 160 Å². The summed E-state index contributed by atoms with van der Waals surface area (Å²) in [6.07, 6.45) is 4.18. The molecule has 0 aromatic heterocycles. The molecule has 1 aliphatic rings. The maximum absolute atomic E-state index is 12.8. The van der Waals surface area contributed by atoms with Gasteiger partial charge in [0.25, 0.3) is 5.91 Å². The first-order valence-electron chi connectivity index (χ1n) is 9.40. The molecule has 0 saturated carbocycles. The molecule has 1 heterocycles. The minimum Gasteiger partial charge on any atom is -0.504 e. The number of rotatable bonds is 6. The minimum absolute atomic E-state index is 0.00469. The summed E-state index contributed by atoms with van der Waals surface area (Å²) in [5.74, 6) is 1.71. The Morgan fingerprint density at radius 2 is 2.04 bits per heavy atom. The van der Waals surface area contributed by atoms with Gasteiger partial charge in [0.2, 0.25) is 0 Å². The second kappa shape index (κ2) is 8.80. The van der Waals surface area contributed by atoms with Gasteiger partial charge in [0, 0.05) is 18.7 Å². The summed E-state index contributed by atoms with van der Waals surface area (Å²) in [4.78, 5) is 14.7. The molecule has 1 N–H and O–H groups in total. The highest BCUT2D eigenvalue weighted by molar-refractivity contribution is 5.95. The van der Waals surface area contributed by atoms with Gasteiger partial charge in [-0.25, -0.2) is 0 Å². The monoisotopic (exact) mass is 369 g/mol. The normalized spacial score (nSPS) is 16.8. The Hall–Kier alpha value is -2.69. The van der Waals surface area contributed by atoms with Crippen molar-refractivity contribution in [1.82, 2.24) is 4.90 Å². The fourth-order valence-electron chi connectivity index (χ4n) is 3.69. The molecule has 144 valence electrons. The van der Waals surface area contributed by atoms with Gasteiger partial charge in [-0.1, -0.05) is 12.1 Å². The van der Waals surface area contributed by atoms with E-state index >= 15 is 0 Å². The average Bonchev–Trinajstić information content (AvgIpc) is 2.72. The predicted molar refractivity (Wildman–Crippen MR) is 105 cm³/mol. The van der Waals surface area contributed by atoms with Crippen LogP contribution in [0.25, 0.3) is 0 Å². The predicted octanol–water partition coefficient (Wildman–Crippen LogP) is 3.89. The molecule has 1 unspecified atom stereocenters. The number of aromatic hydroxyl groups is 1. The quantitative estimate of drug-likeness (QED) is 0.839. The van der Waals surface area contributed by atoms with Crippen molar-refractivity contribution in [3.8, 4) is 17.2 Å². The van der Waals surface area contributed by atoms with Crippen LogP contribution >= 0.6 is 0 Å². The Balaban J connectivity index is 1.60. The number of amides is 1. The van der Waals surface area contributed by atoms with E-state index in [1.165, 1.54) is 18.7 Å². The lowest BCUT2D eigenvalue weighted by Crippen LogP contribution is -2.40. The van der Waals surface area contributed by atoms with Crippen LogP contribution in [0.1, 0.15) is 35.2 Å². The fraction of sp³-hybridized carbons (Fsp3) is 0.409. The van der Waals surface area contributed by atoms with Gasteiger partial charge in [0.05, 0.1) is 14.2 Å². The van der Waals surface area contributed by atoms with Crippen molar-refractivity contribution >= 4 is 5.91 Å². The molecule has 5 heteroatoms. The SMILES string of the molecule is COc1cccc(CCC2CCCN(C(=O)c3ccc(OC)c(O)c3)C2)c1. The van der Waals surface area contributed by atoms with E-state index in [1.54, 1.807) is 19.2 Å². The second-order valence-corrected chi connectivity index (χ2v) is 7.04. The Kier molecular flexibility index (Phi) is 6.22. The van der Waals surface area contributed by atoms with Crippen LogP contribution in [0.3, 0.4) is 0 Å². The molecule has 2 aromatic rings. The van der Waals surface area contributed by atoms with Crippen LogP contribution in [0.4, 0.5) is 0 Å². The maximum atomic E-state index is 12.8. The summed E-state index contributed by atoms with van der Waals surface area (Å²) in [6.45, 7) is 1.52. The highest BCUT2D eigenvalue weighted by Gasteiger charge is 2.25. The molecule has 1 amide bonds. The third kappa shape index (κ3) is 4.73. The molecule has 0 aliphatic carbocycles. The number of nitrogens with zero attached hydrogens (tertiary/aromatic N) is 1. The molecule has 1 saturated heterocycles. The number of piperidine rings is 1. The van der Waals surface area contributed by atoms with Crippen LogP contribution in [0, 0.1) is 5.92 Å². The molecule has 1 fully saturated rings. The number of hydrogen-bond donors (Lipinski definition) is 1. The van der Waals surface area contributed by atoms with Crippen molar-refractivity contribution in [2.24, 2.45) is 5.92 Å². The van der Waals surface area contributed by atoms with Crippen LogP contribution in [0.5, 0.6) is 17.2 Å². The zero-order chi connectivity index (χ0) is 19.2. The Morgan fingerprint density at radius 1 is 1.19 bits per heavy atom.